The van der Waals surface area contributed by atoms with E-state index in [9.17, 15) is 9.59 Å². The van der Waals surface area contributed by atoms with Crippen LogP contribution in [0.25, 0.3) is 0 Å². The van der Waals surface area contributed by atoms with Crippen molar-refractivity contribution in [2.45, 2.75) is 45.2 Å². The second kappa shape index (κ2) is 8.45. The molecule has 0 spiro atoms. The van der Waals surface area contributed by atoms with E-state index in [-0.39, 0.29) is 24.2 Å². The lowest BCUT2D eigenvalue weighted by atomic mass is 9.95. The van der Waals surface area contributed by atoms with Gasteiger partial charge in [0.2, 0.25) is 0 Å². The standard InChI is InChI=1S/C19H26IN3O3/c1-3-13(2)17-12-26-19(25)23(17)14-8-10-22(11-9-14)18(24)21-16-7-5-4-6-15(16)20/h4-7,13-14,17H,3,8-12H2,1-2H3,(H,21,24)/t13-,17+/m0/s1. The van der Waals surface area contributed by atoms with Gasteiger partial charge in [-0.15, -0.1) is 0 Å². The molecule has 0 radical (unpaired) electrons. The molecule has 142 valence electrons. The van der Waals surface area contributed by atoms with E-state index in [2.05, 4.69) is 41.8 Å². The van der Waals surface area contributed by atoms with Gasteiger partial charge in [0.15, 0.2) is 0 Å². The van der Waals surface area contributed by atoms with Crippen molar-refractivity contribution in [3.8, 4) is 0 Å². The monoisotopic (exact) mass is 471 g/mol. The summed E-state index contributed by atoms with van der Waals surface area (Å²) in [5.74, 6) is 0.419. The number of carbonyl (C=O) groups excluding carboxylic acids is 2. The molecule has 26 heavy (non-hydrogen) atoms. The van der Waals surface area contributed by atoms with Crippen molar-refractivity contribution < 1.29 is 14.3 Å². The molecule has 1 aromatic carbocycles. The summed E-state index contributed by atoms with van der Waals surface area (Å²) in [5, 5.41) is 2.98. The Morgan fingerprint density at radius 1 is 1.35 bits per heavy atom. The minimum absolute atomic E-state index is 0.0740. The maximum atomic E-state index is 12.5. The molecule has 2 aliphatic rings. The van der Waals surface area contributed by atoms with Gasteiger partial charge < -0.3 is 15.0 Å². The van der Waals surface area contributed by atoms with Gasteiger partial charge in [-0.2, -0.15) is 0 Å². The number of hydrogen-bond donors (Lipinski definition) is 1. The molecule has 0 unspecified atom stereocenters. The van der Waals surface area contributed by atoms with Gasteiger partial charge in [0, 0.05) is 22.7 Å². The SMILES string of the molecule is CC[C@H](C)[C@H]1COC(=O)N1C1CCN(C(=O)Nc2ccccc2I)CC1. The highest BCUT2D eigenvalue weighted by atomic mass is 127. The summed E-state index contributed by atoms with van der Waals surface area (Å²) in [5.41, 5.74) is 0.833. The van der Waals surface area contributed by atoms with E-state index in [1.165, 1.54) is 0 Å². The maximum absolute atomic E-state index is 12.5. The molecular formula is C19H26IN3O3. The van der Waals surface area contributed by atoms with Crippen LogP contribution < -0.4 is 5.32 Å². The fourth-order valence-corrected chi connectivity index (χ4v) is 4.20. The summed E-state index contributed by atoms with van der Waals surface area (Å²) in [4.78, 5) is 28.5. The highest BCUT2D eigenvalue weighted by molar-refractivity contribution is 14.1. The van der Waals surface area contributed by atoms with Crippen molar-refractivity contribution in [3.63, 3.8) is 0 Å². The molecule has 2 atom stereocenters. The number of rotatable bonds is 4. The Bertz CT molecular complexity index is 661. The number of anilines is 1. The minimum Gasteiger partial charge on any atom is -0.447 e. The average molecular weight is 471 g/mol. The van der Waals surface area contributed by atoms with Gasteiger partial charge >= 0.3 is 12.1 Å². The number of benzene rings is 1. The van der Waals surface area contributed by atoms with E-state index in [4.69, 9.17) is 4.74 Å². The zero-order chi connectivity index (χ0) is 18.7. The number of nitrogens with one attached hydrogen (secondary N) is 1. The van der Waals surface area contributed by atoms with Gasteiger partial charge in [0.25, 0.3) is 0 Å². The molecule has 6 nitrogen and oxygen atoms in total. The van der Waals surface area contributed by atoms with Crippen LogP contribution in [0.15, 0.2) is 24.3 Å². The van der Waals surface area contributed by atoms with E-state index >= 15 is 0 Å². The van der Waals surface area contributed by atoms with Gasteiger partial charge in [-0.1, -0.05) is 32.4 Å². The number of nitrogens with zero attached hydrogens (tertiary/aromatic N) is 2. The molecule has 0 bridgehead atoms. The molecule has 3 amide bonds. The Morgan fingerprint density at radius 2 is 2.04 bits per heavy atom. The molecule has 2 aliphatic heterocycles. The predicted molar refractivity (Wildman–Crippen MR) is 109 cm³/mol. The number of urea groups is 1. The van der Waals surface area contributed by atoms with Crippen molar-refractivity contribution in [1.29, 1.82) is 0 Å². The van der Waals surface area contributed by atoms with Crippen LogP contribution in [0.5, 0.6) is 0 Å². The number of likely N-dealkylation sites (tertiary alicyclic amines) is 1. The van der Waals surface area contributed by atoms with Crippen LogP contribution in [0.1, 0.15) is 33.1 Å². The fraction of sp³-hybridized carbons (Fsp3) is 0.579. The Morgan fingerprint density at radius 3 is 2.69 bits per heavy atom. The third-order valence-electron chi connectivity index (χ3n) is 5.51. The molecule has 0 aliphatic carbocycles. The summed E-state index contributed by atoms with van der Waals surface area (Å²) >= 11 is 2.22. The largest absolute Gasteiger partial charge is 0.447 e. The second-order valence-corrected chi connectivity index (χ2v) is 8.23. The molecule has 1 N–H and O–H groups in total. The first-order valence-corrected chi connectivity index (χ1v) is 10.3. The Labute approximate surface area is 168 Å². The number of halogens is 1. The molecule has 3 rings (SSSR count). The van der Waals surface area contributed by atoms with Gasteiger partial charge in [-0.3, -0.25) is 4.90 Å². The van der Waals surface area contributed by atoms with Crippen molar-refractivity contribution in [2.75, 3.05) is 25.0 Å². The zero-order valence-corrected chi connectivity index (χ0v) is 17.4. The molecule has 0 saturated carbocycles. The lowest BCUT2D eigenvalue weighted by Crippen LogP contribution is -2.51. The normalized spacial score (nSPS) is 22.3. The quantitative estimate of drug-likeness (QED) is 0.672. The van der Waals surface area contributed by atoms with Crippen LogP contribution >= 0.6 is 22.6 Å². The predicted octanol–water partition coefficient (Wildman–Crippen LogP) is 4.15. The van der Waals surface area contributed by atoms with E-state index in [0.29, 0.717) is 25.6 Å². The van der Waals surface area contributed by atoms with Crippen LogP contribution in [0, 0.1) is 9.49 Å². The van der Waals surface area contributed by atoms with E-state index in [1.54, 1.807) is 0 Å². The molecule has 2 fully saturated rings. The summed E-state index contributed by atoms with van der Waals surface area (Å²) in [6.07, 6.45) is 2.41. The van der Waals surface area contributed by atoms with E-state index < -0.39 is 0 Å². The number of amides is 3. The molecular weight excluding hydrogens is 445 g/mol. The third-order valence-corrected chi connectivity index (χ3v) is 6.45. The molecule has 2 saturated heterocycles. The Kier molecular flexibility index (Phi) is 6.26. The first kappa shape index (κ1) is 19.3. The van der Waals surface area contributed by atoms with Crippen LogP contribution in [0.3, 0.4) is 0 Å². The third kappa shape index (κ3) is 4.07. The number of ether oxygens (including phenoxy) is 1. The molecule has 7 heteroatoms. The molecule has 2 heterocycles. The smallest absolute Gasteiger partial charge is 0.410 e. The summed E-state index contributed by atoms with van der Waals surface area (Å²) < 4.78 is 6.33. The average Bonchev–Trinajstić information content (AvgIpc) is 3.04. The fourth-order valence-electron chi connectivity index (χ4n) is 3.68. The molecule has 0 aromatic heterocycles. The Hall–Kier alpha value is -1.51. The maximum Gasteiger partial charge on any atom is 0.410 e. The van der Waals surface area contributed by atoms with Gasteiger partial charge in [-0.25, -0.2) is 9.59 Å². The zero-order valence-electron chi connectivity index (χ0n) is 15.3. The lowest BCUT2D eigenvalue weighted by molar-refractivity contribution is 0.105. The number of para-hydroxylation sites is 1. The lowest BCUT2D eigenvalue weighted by Gasteiger charge is -2.39. The van der Waals surface area contributed by atoms with Crippen LogP contribution in [0.2, 0.25) is 0 Å². The number of cyclic esters (lactones) is 1. The molecule has 1 aromatic rings. The van der Waals surface area contributed by atoms with Crippen LogP contribution in [-0.2, 0) is 4.74 Å². The van der Waals surface area contributed by atoms with Crippen molar-refractivity contribution >= 4 is 40.4 Å². The van der Waals surface area contributed by atoms with Gasteiger partial charge in [0.1, 0.15) is 6.61 Å². The number of piperidine rings is 1. The van der Waals surface area contributed by atoms with Crippen LogP contribution in [-0.4, -0.2) is 53.7 Å². The van der Waals surface area contributed by atoms with E-state index in [1.807, 2.05) is 34.1 Å². The summed E-state index contributed by atoms with van der Waals surface area (Å²) in [7, 11) is 0. The van der Waals surface area contributed by atoms with E-state index in [0.717, 1.165) is 28.5 Å². The van der Waals surface area contributed by atoms with Crippen molar-refractivity contribution in [3.05, 3.63) is 27.8 Å². The topological polar surface area (TPSA) is 61.9 Å². The number of carbonyl (C=O) groups is 2. The first-order valence-electron chi connectivity index (χ1n) is 9.26. The summed E-state index contributed by atoms with van der Waals surface area (Å²) in [6.45, 7) is 6.10. The van der Waals surface area contributed by atoms with Crippen molar-refractivity contribution in [1.82, 2.24) is 9.80 Å². The number of hydrogen-bond acceptors (Lipinski definition) is 3. The highest BCUT2D eigenvalue weighted by Crippen LogP contribution is 2.29. The minimum atomic E-state index is -0.197. The highest BCUT2D eigenvalue weighted by Gasteiger charge is 2.41. The van der Waals surface area contributed by atoms with Crippen molar-refractivity contribution in [2.24, 2.45) is 5.92 Å². The summed E-state index contributed by atoms with van der Waals surface area (Å²) in [6, 6.07) is 7.98. The Balaban J connectivity index is 1.57. The van der Waals surface area contributed by atoms with Gasteiger partial charge in [0.05, 0.1) is 11.7 Å². The van der Waals surface area contributed by atoms with Crippen LogP contribution in [0.4, 0.5) is 15.3 Å². The van der Waals surface area contributed by atoms with Gasteiger partial charge in [-0.05, 0) is 53.5 Å². The second-order valence-electron chi connectivity index (χ2n) is 7.07. The first-order chi connectivity index (χ1) is 12.5.